The van der Waals surface area contributed by atoms with Crippen LogP contribution in [0.3, 0.4) is 0 Å². The van der Waals surface area contributed by atoms with Gasteiger partial charge in [-0.2, -0.15) is 0 Å². The van der Waals surface area contributed by atoms with Crippen LogP contribution >= 0.6 is 0 Å². The minimum atomic E-state index is -0.223. The fourth-order valence-electron chi connectivity index (χ4n) is 9.34. The number of hydrogen-bond acceptors (Lipinski definition) is 1. The highest BCUT2D eigenvalue weighted by atomic mass is 16.3. The van der Waals surface area contributed by atoms with Crippen molar-refractivity contribution < 1.29 is 4.42 Å². The lowest BCUT2D eigenvalue weighted by Gasteiger charge is -2.24. The van der Waals surface area contributed by atoms with Gasteiger partial charge in [-0.05, 0) is 94.7 Å². The van der Waals surface area contributed by atoms with Crippen LogP contribution in [0.5, 0.6) is 0 Å². The van der Waals surface area contributed by atoms with Crippen molar-refractivity contribution in [3.63, 3.8) is 0 Å². The second kappa shape index (κ2) is 10.8. The first kappa shape index (κ1) is 29.3. The molecule has 9 aromatic carbocycles. The second-order valence-electron chi connectivity index (χ2n) is 14.8. The summed E-state index contributed by atoms with van der Waals surface area (Å²) in [6.45, 7) is 4.81. The third kappa shape index (κ3) is 3.99. The van der Waals surface area contributed by atoms with E-state index in [9.17, 15) is 0 Å². The van der Waals surface area contributed by atoms with E-state index in [0.29, 0.717) is 0 Å². The lowest BCUT2D eigenvalue weighted by atomic mass is 9.78. The monoisotopic (exact) mass is 662 g/mol. The molecule has 11 rings (SSSR count). The number of hydrogen-bond donors (Lipinski definition) is 0. The number of rotatable bonds is 3. The Morgan fingerprint density at radius 2 is 0.865 bits per heavy atom. The molecular weight excluding hydrogens is 629 g/mol. The zero-order valence-corrected chi connectivity index (χ0v) is 29.1. The summed E-state index contributed by atoms with van der Waals surface area (Å²) in [5.74, 6) is 0. The molecular formula is C51H34O. The van der Waals surface area contributed by atoms with Crippen molar-refractivity contribution in [1.29, 1.82) is 0 Å². The Balaban J connectivity index is 1.16. The predicted octanol–water partition coefficient (Wildman–Crippen LogP) is 14.4. The Hall–Kier alpha value is -6.44. The topological polar surface area (TPSA) is 13.1 Å². The van der Waals surface area contributed by atoms with Gasteiger partial charge in [-0.25, -0.2) is 0 Å². The van der Waals surface area contributed by atoms with Gasteiger partial charge in [0.2, 0.25) is 0 Å². The SMILES string of the molecule is CC1(C)c2cc(-c3c4ccccc4c(-c4ccc(-c5ccccc5)cc4)c4ccccc34)ccc2-c2c1c1ccccc1c1oc3ccccc3c21. The van der Waals surface area contributed by atoms with Crippen LogP contribution in [0.25, 0.3) is 98.8 Å². The van der Waals surface area contributed by atoms with Gasteiger partial charge in [-0.3, -0.25) is 0 Å². The maximum Gasteiger partial charge on any atom is 0.143 e. The normalized spacial score (nSPS) is 13.3. The fourth-order valence-corrected chi connectivity index (χ4v) is 9.34. The zero-order chi connectivity index (χ0) is 34.6. The van der Waals surface area contributed by atoms with Gasteiger partial charge in [0.15, 0.2) is 0 Å². The average Bonchev–Trinajstić information content (AvgIpc) is 3.70. The molecule has 1 aliphatic carbocycles. The maximum absolute atomic E-state index is 6.64. The summed E-state index contributed by atoms with van der Waals surface area (Å²) in [4.78, 5) is 0. The summed E-state index contributed by atoms with van der Waals surface area (Å²) in [7, 11) is 0. The Labute approximate surface area is 302 Å². The van der Waals surface area contributed by atoms with Gasteiger partial charge in [0.05, 0.1) is 0 Å². The van der Waals surface area contributed by atoms with E-state index in [1.165, 1.54) is 98.7 Å². The van der Waals surface area contributed by atoms with Crippen LogP contribution in [0.15, 0.2) is 174 Å². The molecule has 0 atom stereocenters. The van der Waals surface area contributed by atoms with Crippen LogP contribution in [0.2, 0.25) is 0 Å². The number of furan rings is 1. The molecule has 1 aliphatic rings. The molecule has 0 saturated heterocycles. The first-order valence-corrected chi connectivity index (χ1v) is 18.2. The van der Waals surface area contributed by atoms with Crippen molar-refractivity contribution in [2.24, 2.45) is 0 Å². The van der Waals surface area contributed by atoms with Gasteiger partial charge >= 0.3 is 0 Å². The van der Waals surface area contributed by atoms with Crippen LogP contribution in [0, 0.1) is 0 Å². The first-order chi connectivity index (χ1) is 25.6. The maximum atomic E-state index is 6.64. The molecule has 52 heavy (non-hydrogen) atoms. The van der Waals surface area contributed by atoms with E-state index in [1.807, 2.05) is 0 Å². The highest BCUT2D eigenvalue weighted by Crippen LogP contribution is 2.57. The van der Waals surface area contributed by atoms with Crippen LogP contribution in [0.1, 0.15) is 25.0 Å². The quantitative estimate of drug-likeness (QED) is 0.172. The smallest absolute Gasteiger partial charge is 0.143 e. The van der Waals surface area contributed by atoms with Crippen LogP contribution < -0.4 is 0 Å². The molecule has 1 aromatic heterocycles. The Kier molecular flexibility index (Phi) is 6.08. The summed E-state index contributed by atoms with van der Waals surface area (Å²) < 4.78 is 6.64. The summed E-state index contributed by atoms with van der Waals surface area (Å²) >= 11 is 0. The molecule has 0 radical (unpaired) electrons. The third-order valence-electron chi connectivity index (χ3n) is 11.6. The van der Waals surface area contributed by atoms with Crippen molar-refractivity contribution in [2.75, 3.05) is 0 Å². The molecule has 10 aromatic rings. The number of fused-ring (bicyclic) bond motifs is 12. The van der Waals surface area contributed by atoms with Crippen molar-refractivity contribution in [1.82, 2.24) is 0 Å². The van der Waals surface area contributed by atoms with E-state index in [1.54, 1.807) is 0 Å². The summed E-state index contributed by atoms with van der Waals surface area (Å²) in [6, 6.07) is 62.2. The van der Waals surface area contributed by atoms with E-state index in [4.69, 9.17) is 4.42 Å². The molecule has 0 amide bonds. The van der Waals surface area contributed by atoms with Gasteiger partial charge in [0.1, 0.15) is 11.2 Å². The molecule has 1 heterocycles. The molecule has 0 spiro atoms. The van der Waals surface area contributed by atoms with Crippen LogP contribution in [0.4, 0.5) is 0 Å². The molecule has 0 aliphatic heterocycles. The number of para-hydroxylation sites is 1. The Morgan fingerprint density at radius 1 is 0.385 bits per heavy atom. The van der Waals surface area contributed by atoms with E-state index in [2.05, 4.69) is 184 Å². The van der Waals surface area contributed by atoms with Crippen LogP contribution in [-0.2, 0) is 5.41 Å². The summed E-state index contributed by atoms with van der Waals surface area (Å²) in [5.41, 5.74) is 14.6. The molecule has 0 bridgehead atoms. The Bertz CT molecular complexity index is 3010. The first-order valence-electron chi connectivity index (χ1n) is 18.2. The van der Waals surface area contributed by atoms with E-state index in [-0.39, 0.29) is 5.41 Å². The second-order valence-corrected chi connectivity index (χ2v) is 14.8. The molecule has 1 nitrogen and oxygen atoms in total. The Morgan fingerprint density at radius 3 is 1.52 bits per heavy atom. The lowest BCUT2D eigenvalue weighted by Crippen LogP contribution is -2.15. The van der Waals surface area contributed by atoms with Crippen molar-refractivity contribution in [2.45, 2.75) is 19.3 Å². The van der Waals surface area contributed by atoms with Gasteiger partial charge in [-0.15, -0.1) is 0 Å². The van der Waals surface area contributed by atoms with Gasteiger partial charge in [0, 0.05) is 21.6 Å². The van der Waals surface area contributed by atoms with Crippen molar-refractivity contribution in [3.8, 4) is 44.5 Å². The molecule has 0 N–H and O–H groups in total. The molecule has 0 unspecified atom stereocenters. The van der Waals surface area contributed by atoms with E-state index < -0.39 is 0 Å². The molecule has 0 fully saturated rings. The standard InChI is InChI=1S/C51H34O/c1-51(2)43-30-34(28-29-41(43)47-48-42-22-12-13-23-44(42)52-50(48)40-21-11-10-20-39(40)49(47)51)46-37-18-8-6-16-35(37)45(36-17-7-9-19-38(36)46)33-26-24-32(25-27-33)31-14-4-3-5-15-31/h3-30H,1-2H3. The van der Waals surface area contributed by atoms with Crippen molar-refractivity contribution >= 4 is 54.3 Å². The highest BCUT2D eigenvalue weighted by Gasteiger charge is 2.40. The van der Waals surface area contributed by atoms with E-state index >= 15 is 0 Å². The fraction of sp³-hybridized carbons (Fsp3) is 0.0588. The lowest BCUT2D eigenvalue weighted by molar-refractivity contribution is 0.664. The van der Waals surface area contributed by atoms with E-state index in [0.717, 1.165) is 11.2 Å². The third-order valence-corrected chi connectivity index (χ3v) is 11.6. The predicted molar refractivity (Wildman–Crippen MR) is 220 cm³/mol. The minimum Gasteiger partial charge on any atom is -0.455 e. The highest BCUT2D eigenvalue weighted by molar-refractivity contribution is 6.25. The number of benzene rings is 9. The molecule has 1 heteroatoms. The zero-order valence-electron chi connectivity index (χ0n) is 29.1. The molecule has 0 saturated carbocycles. The largest absolute Gasteiger partial charge is 0.455 e. The summed E-state index contributed by atoms with van der Waals surface area (Å²) in [5, 5.41) is 9.92. The minimum absolute atomic E-state index is 0.223. The molecule has 244 valence electrons. The van der Waals surface area contributed by atoms with Gasteiger partial charge < -0.3 is 4.42 Å². The van der Waals surface area contributed by atoms with Gasteiger partial charge in [-0.1, -0.05) is 172 Å². The van der Waals surface area contributed by atoms with Crippen molar-refractivity contribution in [3.05, 3.63) is 181 Å². The van der Waals surface area contributed by atoms with Gasteiger partial charge in [0.25, 0.3) is 0 Å². The summed E-state index contributed by atoms with van der Waals surface area (Å²) in [6.07, 6.45) is 0. The average molecular weight is 663 g/mol. The van der Waals surface area contributed by atoms with Crippen LogP contribution in [-0.4, -0.2) is 0 Å².